The van der Waals surface area contributed by atoms with Crippen LogP contribution in [0, 0.1) is 11.6 Å². The zero-order valence-electron chi connectivity index (χ0n) is 12.8. The highest BCUT2D eigenvalue weighted by atomic mass is 19.1. The van der Waals surface area contributed by atoms with Gasteiger partial charge in [-0.1, -0.05) is 0 Å². The van der Waals surface area contributed by atoms with Crippen LogP contribution in [-0.4, -0.2) is 41.1 Å². The third kappa shape index (κ3) is 3.85. The summed E-state index contributed by atoms with van der Waals surface area (Å²) in [5, 5.41) is 13.3. The lowest BCUT2D eigenvalue weighted by molar-refractivity contribution is -0.182. The Kier molecular flexibility index (Phi) is 5.13. The molecular weight excluding hydrogens is 326 g/mol. The second kappa shape index (κ2) is 6.91. The van der Waals surface area contributed by atoms with E-state index < -0.39 is 41.1 Å². The first-order valence-corrected chi connectivity index (χ1v) is 7.17. The quantitative estimate of drug-likeness (QED) is 0.670. The van der Waals surface area contributed by atoms with Crippen LogP contribution in [0.4, 0.5) is 14.5 Å². The van der Waals surface area contributed by atoms with Gasteiger partial charge in [-0.25, -0.2) is 8.78 Å². The number of carboxylic acids is 1. The van der Waals surface area contributed by atoms with Crippen molar-refractivity contribution in [1.29, 1.82) is 0 Å². The Morgan fingerprint density at radius 2 is 1.83 bits per heavy atom. The maximum absolute atomic E-state index is 13.2. The third-order valence-corrected chi connectivity index (χ3v) is 3.51. The molecule has 3 N–H and O–H groups in total. The molecule has 1 unspecified atom stereocenters. The van der Waals surface area contributed by atoms with Gasteiger partial charge in [0.15, 0.2) is 0 Å². The number of rotatable bonds is 6. The molecule has 2 amide bonds. The number of carbonyl (C=O) groups excluding carboxylic acids is 2. The topological polar surface area (TPSA) is 105 Å². The van der Waals surface area contributed by atoms with E-state index in [-0.39, 0.29) is 25.1 Å². The molecule has 0 spiro atoms. The maximum atomic E-state index is 13.2. The average Bonchev–Trinajstić information content (AvgIpc) is 2.33. The molecule has 130 valence electrons. The Labute approximate surface area is 136 Å². The van der Waals surface area contributed by atoms with E-state index >= 15 is 0 Å². The fourth-order valence-corrected chi connectivity index (χ4v) is 2.28. The molecule has 0 saturated carbocycles. The van der Waals surface area contributed by atoms with Gasteiger partial charge in [-0.15, -0.1) is 0 Å². The molecule has 1 aromatic carbocycles. The second-order valence-electron chi connectivity index (χ2n) is 5.51. The highest BCUT2D eigenvalue weighted by molar-refractivity contribution is 6.14. The van der Waals surface area contributed by atoms with Gasteiger partial charge in [-0.05, 0) is 19.1 Å². The number of aliphatic carboxylic acids is 1. The Bertz CT molecular complexity index is 656. The van der Waals surface area contributed by atoms with Crippen LogP contribution in [0.5, 0.6) is 0 Å². The van der Waals surface area contributed by atoms with Gasteiger partial charge in [0.05, 0.1) is 13.0 Å². The summed E-state index contributed by atoms with van der Waals surface area (Å²) in [7, 11) is 0. The number of halogens is 2. The van der Waals surface area contributed by atoms with Crippen LogP contribution in [0.2, 0.25) is 0 Å². The molecule has 0 bridgehead atoms. The minimum absolute atomic E-state index is 0.0717. The monoisotopic (exact) mass is 342 g/mol. The van der Waals surface area contributed by atoms with Gasteiger partial charge < -0.3 is 20.5 Å². The van der Waals surface area contributed by atoms with E-state index in [0.717, 1.165) is 12.1 Å². The summed E-state index contributed by atoms with van der Waals surface area (Å²) in [6.45, 7) is 1.63. The number of hydrogen-bond acceptors (Lipinski definition) is 4. The smallest absolute Gasteiger partial charge is 0.305 e. The van der Waals surface area contributed by atoms with E-state index in [9.17, 15) is 23.2 Å². The van der Waals surface area contributed by atoms with Crippen molar-refractivity contribution in [1.82, 2.24) is 5.32 Å². The van der Waals surface area contributed by atoms with Crippen LogP contribution in [0.15, 0.2) is 18.2 Å². The molecule has 1 aromatic rings. The first-order chi connectivity index (χ1) is 11.2. The van der Waals surface area contributed by atoms with Crippen molar-refractivity contribution < 1.29 is 33.0 Å². The lowest BCUT2D eigenvalue weighted by Gasteiger charge is -2.39. The van der Waals surface area contributed by atoms with E-state index in [0.29, 0.717) is 6.07 Å². The molecule has 7 nitrogen and oxygen atoms in total. The van der Waals surface area contributed by atoms with E-state index in [1.165, 1.54) is 6.92 Å². The molecule has 1 heterocycles. The molecule has 0 aliphatic carbocycles. The summed E-state index contributed by atoms with van der Waals surface area (Å²) in [5.74, 6) is -4.54. The van der Waals surface area contributed by atoms with Crippen LogP contribution in [0.1, 0.15) is 19.8 Å². The Hall–Kier alpha value is -2.55. The standard InChI is InChI=1S/C15H16F2N2O5/c1-8(4-12(20)21)18-13(22)15(2-3-24-15)14(23)19-11-6-9(16)5-10(17)7-11/h5-8H,2-4H2,1H3,(H,18,22)(H,19,23)(H,20,21)/t8-,15?/m0/s1. The van der Waals surface area contributed by atoms with E-state index in [1.54, 1.807) is 0 Å². The Balaban J connectivity index is 2.09. The largest absolute Gasteiger partial charge is 0.481 e. The first kappa shape index (κ1) is 17.8. The van der Waals surface area contributed by atoms with Crippen molar-refractivity contribution in [3.63, 3.8) is 0 Å². The minimum Gasteiger partial charge on any atom is -0.481 e. The van der Waals surface area contributed by atoms with Gasteiger partial charge in [0.25, 0.3) is 11.8 Å². The van der Waals surface area contributed by atoms with Crippen LogP contribution < -0.4 is 10.6 Å². The predicted molar refractivity (Wildman–Crippen MR) is 78.1 cm³/mol. The van der Waals surface area contributed by atoms with Crippen molar-refractivity contribution in [2.45, 2.75) is 31.4 Å². The van der Waals surface area contributed by atoms with Crippen molar-refractivity contribution in [2.24, 2.45) is 0 Å². The lowest BCUT2D eigenvalue weighted by atomic mass is 9.91. The highest BCUT2D eigenvalue weighted by Gasteiger charge is 2.53. The molecule has 2 rings (SSSR count). The predicted octanol–water partition coefficient (Wildman–Crippen LogP) is 1.04. The molecule has 1 aliphatic rings. The van der Waals surface area contributed by atoms with Crippen LogP contribution in [-0.2, 0) is 19.1 Å². The van der Waals surface area contributed by atoms with Crippen molar-refractivity contribution in [3.8, 4) is 0 Å². The molecule has 1 aliphatic heterocycles. The van der Waals surface area contributed by atoms with Gasteiger partial charge in [-0.2, -0.15) is 0 Å². The molecule has 9 heteroatoms. The fourth-order valence-electron chi connectivity index (χ4n) is 2.28. The van der Waals surface area contributed by atoms with Crippen molar-refractivity contribution >= 4 is 23.5 Å². The molecule has 24 heavy (non-hydrogen) atoms. The van der Waals surface area contributed by atoms with Crippen molar-refractivity contribution in [2.75, 3.05) is 11.9 Å². The number of amides is 2. The summed E-state index contributed by atoms with van der Waals surface area (Å²) in [5.41, 5.74) is -1.99. The highest BCUT2D eigenvalue weighted by Crippen LogP contribution is 2.29. The molecule has 1 saturated heterocycles. The van der Waals surface area contributed by atoms with Gasteiger partial charge in [0.2, 0.25) is 5.60 Å². The lowest BCUT2D eigenvalue weighted by Crippen LogP contribution is -2.64. The molecule has 0 aromatic heterocycles. The van der Waals surface area contributed by atoms with Gasteiger partial charge in [0.1, 0.15) is 11.6 Å². The third-order valence-electron chi connectivity index (χ3n) is 3.51. The Morgan fingerprint density at radius 3 is 2.29 bits per heavy atom. The zero-order chi connectivity index (χ0) is 17.9. The Morgan fingerprint density at radius 1 is 1.25 bits per heavy atom. The SMILES string of the molecule is C[C@@H](CC(=O)O)NC(=O)C1(C(=O)Nc2cc(F)cc(F)c2)CCO1. The van der Waals surface area contributed by atoms with Gasteiger partial charge >= 0.3 is 5.97 Å². The second-order valence-corrected chi connectivity index (χ2v) is 5.51. The molecule has 2 atom stereocenters. The first-order valence-electron chi connectivity index (χ1n) is 7.17. The average molecular weight is 342 g/mol. The van der Waals surface area contributed by atoms with Gasteiger partial charge in [-0.3, -0.25) is 14.4 Å². The number of hydrogen-bond donors (Lipinski definition) is 3. The van der Waals surface area contributed by atoms with Crippen LogP contribution >= 0.6 is 0 Å². The summed E-state index contributed by atoms with van der Waals surface area (Å²) in [4.78, 5) is 35.2. The fraction of sp³-hybridized carbons (Fsp3) is 0.400. The number of carboxylic acid groups (broad SMARTS) is 1. The number of benzene rings is 1. The van der Waals surface area contributed by atoms with Gasteiger partial charge in [0, 0.05) is 24.2 Å². The molecular formula is C15H16F2N2O5. The minimum atomic E-state index is -1.84. The van der Waals surface area contributed by atoms with E-state index in [1.807, 2.05) is 0 Å². The molecule has 1 fully saturated rings. The number of anilines is 1. The summed E-state index contributed by atoms with van der Waals surface area (Å²) < 4.78 is 31.5. The molecule has 0 radical (unpaired) electrons. The number of carbonyl (C=O) groups is 3. The summed E-state index contributed by atoms with van der Waals surface area (Å²) >= 11 is 0. The number of nitrogens with one attached hydrogen (secondary N) is 2. The van der Waals surface area contributed by atoms with Crippen LogP contribution in [0.25, 0.3) is 0 Å². The van der Waals surface area contributed by atoms with Crippen LogP contribution in [0.3, 0.4) is 0 Å². The normalized spacial score (nSPS) is 20.6. The summed E-state index contributed by atoms with van der Waals surface area (Å²) in [6.07, 6.45) is -0.249. The summed E-state index contributed by atoms with van der Waals surface area (Å²) in [6, 6.07) is 1.73. The maximum Gasteiger partial charge on any atom is 0.305 e. The van der Waals surface area contributed by atoms with E-state index in [4.69, 9.17) is 9.84 Å². The van der Waals surface area contributed by atoms with E-state index in [2.05, 4.69) is 10.6 Å². The van der Waals surface area contributed by atoms with Crippen molar-refractivity contribution in [3.05, 3.63) is 29.8 Å². The number of ether oxygens (including phenoxy) is 1. The zero-order valence-corrected chi connectivity index (χ0v) is 12.8.